The first-order valence-electron chi connectivity index (χ1n) is 19.3. The summed E-state index contributed by atoms with van der Waals surface area (Å²) in [5.41, 5.74) is 13.9. The maximum Gasteiger partial charge on any atom is 0.0991 e. The highest BCUT2D eigenvalue weighted by atomic mass is 14.8. The molecule has 0 saturated heterocycles. The average molecular weight is 782 g/mol. The van der Waals surface area contributed by atoms with E-state index in [1.54, 1.807) is 48.5 Å². The molecule has 0 fully saturated rings. The van der Waals surface area contributed by atoms with Gasteiger partial charge in [-0.05, 0) is 131 Å². The Bertz CT molecular complexity index is 3090. The predicted molar refractivity (Wildman–Crippen MR) is 236 cm³/mol. The van der Waals surface area contributed by atoms with Gasteiger partial charge in [0.15, 0.2) is 0 Å². The molecule has 5 heterocycles. The normalized spacial score (nSPS) is 15.5. The van der Waals surface area contributed by atoms with Crippen molar-refractivity contribution in [1.82, 2.24) is 15.0 Å². The fourth-order valence-corrected chi connectivity index (χ4v) is 7.55. The quantitative estimate of drug-likeness (QED) is 0.141. The summed E-state index contributed by atoms with van der Waals surface area (Å²) in [6.45, 7) is 0. The van der Waals surface area contributed by atoms with E-state index >= 15 is 0 Å². The minimum atomic E-state index is 0.542. The van der Waals surface area contributed by atoms with Gasteiger partial charge < -0.3 is 15.0 Å². The summed E-state index contributed by atoms with van der Waals surface area (Å²) < 4.78 is 0. The minimum Gasteiger partial charge on any atom is -0.361 e. The third-order valence-corrected chi connectivity index (χ3v) is 10.5. The second-order valence-corrected chi connectivity index (χ2v) is 14.1. The van der Waals surface area contributed by atoms with Gasteiger partial charge in [-0.2, -0.15) is 21.0 Å². The molecule has 9 rings (SSSR count). The lowest BCUT2D eigenvalue weighted by Crippen LogP contribution is -2.21. The van der Waals surface area contributed by atoms with E-state index < -0.39 is 0 Å². The van der Waals surface area contributed by atoms with E-state index in [4.69, 9.17) is 9.98 Å². The lowest BCUT2D eigenvalue weighted by molar-refractivity contribution is 1.25. The lowest BCUT2D eigenvalue weighted by Gasteiger charge is -2.10. The Morgan fingerprint density at radius 3 is 1.00 bits per heavy atom. The van der Waals surface area contributed by atoms with Gasteiger partial charge in [0.2, 0.25) is 0 Å². The molecule has 0 aliphatic carbocycles. The van der Waals surface area contributed by atoms with Crippen molar-refractivity contribution < 1.29 is 0 Å². The first-order valence-corrected chi connectivity index (χ1v) is 19.3. The van der Waals surface area contributed by atoms with Gasteiger partial charge in [0.25, 0.3) is 0 Å². The summed E-state index contributed by atoms with van der Waals surface area (Å²) in [4.78, 5) is 20.9. The van der Waals surface area contributed by atoms with Gasteiger partial charge in [-0.3, -0.25) is 0 Å². The molecule has 284 valence electrons. The molecule has 0 radical (unpaired) electrons. The van der Waals surface area contributed by atoms with Crippen molar-refractivity contribution in [2.75, 3.05) is 0 Å². The van der Waals surface area contributed by atoms with Crippen LogP contribution in [0.25, 0.3) is 22.3 Å². The van der Waals surface area contributed by atoms with E-state index in [1.807, 2.05) is 122 Å². The molecule has 4 aromatic carbocycles. The second-order valence-electron chi connectivity index (χ2n) is 14.1. The van der Waals surface area contributed by atoms with Crippen LogP contribution in [-0.4, -0.2) is 26.4 Å². The van der Waals surface area contributed by atoms with Gasteiger partial charge in [0.05, 0.1) is 69.3 Å². The maximum atomic E-state index is 9.65. The molecule has 9 heteroatoms. The molecule has 7 aromatic rings. The second kappa shape index (κ2) is 16.3. The van der Waals surface area contributed by atoms with E-state index in [0.717, 1.165) is 78.0 Å². The first kappa shape index (κ1) is 37.3. The van der Waals surface area contributed by atoms with Crippen LogP contribution in [0.15, 0.2) is 192 Å². The van der Waals surface area contributed by atoms with Crippen LogP contribution in [0, 0.1) is 45.3 Å². The Kier molecular flexibility index (Phi) is 9.97. The molecular formula is C52H31N9. The zero-order valence-corrected chi connectivity index (χ0v) is 32.3. The lowest BCUT2D eigenvalue weighted by atomic mass is 9.99. The molecule has 0 bridgehead atoms. The number of aromatic amines is 3. The zero-order valence-electron chi connectivity index (χ0n) is 32.3. The van der Waals surface area contributed by atoms with Gasteiger partial charge in [-0.15, -0.1) is 0 Å². The van der Waals surface area contributed by atoms with E-state index in [2.05, 4.69) is 39.2 Å². The number of allylic oxidation sites excluding steroid dienone is 4. The average Bonchev–Trinajstić information content (AvgIpc) is 4.18. The van der Waals surface area contributed by atoms with Crippen LogP contribution in [0.4, 0.5) is 0 Å². The van der Waals surface area contributed by atoms with Gasteiger partial charge in [0.1, 0.15) is 0 Å². The molecule has 0 saturated carbocycles. The summed E-state index contributed by atoms with van der Waals surface area (Å²) >= 11 is 0. The molecule has 3 aromatic heterocycles. The standard InChI is InChI=1S/C52H31N9/c53-29-33-5-13-37(14-6-33)49(41-3-1-27-57-41)43-21-23-45(59-43)51(39-17-9-35(31-55)10-18-39)47-25-26-48(61-47)52(40-19-11-36(32-56)12-20-40)46-24-22-44(60-46)50(42-4-2-28-58-42)38-15-7-34(30-54)8-16-38/h1-28,57-58,61H/b49-43-,50-44+,51-47-,52-48-. The highest BCUT2D eigenvalue weighted by Gasteiger charge is 2.22. The van der Waals surface area contributed by atoms with Gasteiger partial charge >= 0.3 is 0 Å². The molecule has 0 amide bonds. The van der Waals surface area contributed by atoms with Gasteiger partial charge in [-0.1, -0.05) is 48.5 Å². The smallest absolute Gasteiger partial charge is 0.0991 e. The molecule has 61 heavy (non-hydrogen) atoms. The van der Waals surface area contributed by atoms with E-state index in [1.165, 1.54) is 0 Å². The van der Waals surface area contributed by atoms with Crippen molar-refractivity contribution >= 4 is 33.7 Å². The summed E-state index contributed by atoms with van der Waals surface area (Å²) in [6.07, 6.45) is 11.7. The van der Waals surface area contributed by atoms with Crippen LogP contribution in [0.5, 0.6) is 0 Å². The molecule has 0 atom stereocenters. The van der Waals surface area contributed by atoms with Crippen molar-refractivity contribution in [3.8, 4) is 24.3 Å². The fraction of sp³-hybridized carbons (Fsp3) is 0. The van der Waals surface area contributed by atoms with Crippen molar-refractivity contribution in [2.24, 2.45) is 9.98 Å². The Labute approximate surface area is 350 Å². The number of aliphatic imine (C=N–C) groups is 2. The number of nitrogens with one attached hydrogen (secondary N) is 3. The third-order valence-electron chi connectivity index (χ3n) is 10.5. The predicted octanol–water partition coefficient (Wildman–Crippen LogP) is 8.50. The SMILES string of the molecule is N#Cc1ccc(/C(=C2\C=CC(C(/c3ccc(C#N)cc3)=c3/cc/c(=C(C4=N/C(=C(\c5ccc(C#N)cc5)c5ccc[nH]5)C=C4)\c4ccc(C#N)cc4)[nH]3)=N2)c2ccc[nH]2)cc1. The summed E-state index contributed by atoms with van der Waals surface area (Å²) in [7, 11) is 0. The number of benzene rings is 4. The number of nitriles is 4. The largest absolute Gasteiger partial charge is 0.361 e. The van der Waals surface area contributed by atoms with E-state index in [-0.39, 0.29) is 0 Å². The van der Waals surface area contributed by atoms with Crippen LogP contribution < -0.4 is 10.7 Å². The Morgan fingerprint density at radius 1 is 0.377 bits per heavy atom. The number of H-pyrrole nitrogens is 3. The Balaban J connectivity index is 1.26. The van der Waals surface area contributed by atoms with Crippen LogP contribution in [0.3, 0.4) is 0 Å². The summed E-state index contributed by atoms with van der Waals surface area (Å²) in [5.74, 6) is 0. The molecule has 3 N–H and O–H groups in total. The zero-order chi connectivity index (χ0) is 41.7. The number of rotatable bonds is 8. The Hall–Kier alpha value is -9.28. The number of nitrogens with zero attached hydrogens (tertiary/aromatic N) is 6. The molecular weight excluding hydrogens is 751 g/mol. The monoisotopic (exact) mass is 781 g/mol. The van der Waals surface area contributed by atoms with Crippen LogP contribution in [0.1, 0.15) is 55.9 Å². The first-order chi connectivity index (χ1) is 30.0. The number of aromatic nitrogens is 3. The Morgan fingerprint density at radius 2 is 0.705 bits per heavy atom. The highest BCUT2D eigenvalue weighted by Crippen LogP contribution is 2.33. The summed E-state index contributed by atoms with van der Waals surface area (Å²) in [5, 5.41) is 39.8. The highest BCUT2D eigenvalue weighted by molar-refractivity contribution is 6.31. The van der Waals surface area contributed by atoms with Gasteiger partial charge in [0, 0.05) is 56.8 Å². The fourth-order valence-electron chi connectivity index (χ4n) is 7.55. The molecule has 0 spiro atoms. The maximum absolute atomic E-state index is 9.65. The molecule has 9 nitrogen and oxygen atoms in total. The van der Waals surface area contributed by atoms with Gasteiger partial charge in [-0.25, -0.2) is 9.98 Å². The topological polar surface area (TPSA) is 167 Å². The van der Waals surface area contributed by atoms with E-state index in [9.17, 15) is 21.0 Å². The van der Waals surface area contributed by atoms with Crippen molar-refractivity contribution in [1.29, 1.82) is 21.0 Å². The van der Waals surface area contributed by atoms with Crippen molar-refractivity contribution in [2.45, 2.75) is 0 Å². The van der Waals surface area contributed by atoms with E-state index in [0.29, 0.717) is 33.7 Å². The van der Waals surface area contributed by atoms with Crippen LogP contribution in [0.2, 0.25) is 0 Å². The number of hydrogen-bond acceptors (Lipinski definition) is 6. The molecule has 0 unspecified atom stereocenters. The van der Waals surface area contributed by atoms with Crippen molar-refractivity contribution in [3.63, 3.8) is 0 Å². The molecule has 2 aliphatic heterocycles. The van der Waals surface area contributed by atoms with Crippen molar-refractivity contribution in [3.05, 3.63) is 248 Å². The third kappa shape index (κ3) is 7.38. The minimum absolute atomic E-state index is 0.542. The number of hydrogen-bond donors (Lipinski definition) is 3. The van der Waals surface area contributed by atoms with Crippen LogP contribution >= 0.6 is 0 Å². The van der Waals surface area contributed by atoms with Crippen LogP contribution in [-0.2, 0) is 0 Å². The molecule has 2 aliphatic rings. The summed E-state index contributed by atoms with van der Waals surface area (Å²) in [6, 6.07) is 50.6.